The van der Waals surface area contributed by atoms with Gasteiger partial charge < -0.3 is 5.32 Å². The highest BCUT2D eigenvalue weighted by molar-refractivity contribution is 5.48. The van der Waals surface area contributed by atoms with Crippen molar-refractivity contribution in [2.45, 2.75) is 37.3 Å². The SMILES string of the molecule is O=CNC1C2CCN(CC2)C12CC2. The van der Waals surface area contributed by atoms with E-state index in [0.717, 1.165) is 12.3 Å². The lowest BCUT2D eigenvalue weighted by Crippen LogP contribution is -2.64. The Morgan fingerprint density at radius 1 is 1.31 bits per heavy atom. The average molecular weight is 180 g/mol. The summed E-state index contributed by atoms with van der Waals surface area (Å²) in [5.41, 5.74) is 0.405. The normalized spacial score (nSPS) is 44.8. The Hall–Kier alpha value is -0.570. The van der Waals surface area contributed by atoms with Gasteiger partial charge in [0.1, 0.15) is 0 Å². The number of rotatable bonds is 2. The van der Waals surface area contributed by atoms with E-state index in [-0.39, 0.29) is 0 Å². The molecular weight excluding hydrogens is 164 g/mol. The summed E-state index contributed by atoms with van der Waals surface area (Å²) in [5.74, 6) is 0.762. The van der Waals surface area contributed by atoms with Gasteiger partial charge in [-0.05, 0) is 44.7 Å². The molecule has 4 fully saturated rings. The molecule has 72 valence electrons. The number of fused-ring (bicyclic) bond motifs is 2. The van der Waals surface area contributed by atoms with Crippen LogP contribution in [0.1, 0.15) is 25.7 Å². The highest BCUT2D eigenvalue weighted by Crippen LogP contribution is 2.53. The lowest BCUT2D eigenvalue weighted by molar-refractivity contribution is -0.113. The van der Waals surface area contributed by atoms with Crippen molar-refractivity contribution in [2.24, 2.45) is 5.92 Å². The van der Waals surface area contributed by atoms with Crippen molar-refractivity contribution in [3.63, 3.8) is 0 Å². The molecule has 1 saturated carbocycles. The third kappa shape index (κ3) is 0.909. The second-order valence-corrected chi connectivity index (χ2v) is 4.69. The smallest absolute Gasteiger partial charge is 0.207 e. The molecule has 4 rings (SSSR count). The number of hydrogen-bond donors (Lipinski definition) is 1. The number of nitrogens with one attached hydrogen (secondary N) is 1. The molecule has 3 aliphatic heterocycles. The first-order valence-corrected chi connectivity index (χ1v) is 5.31. The zero-order valence-corrected chi connectivity index (χ0v) is 7.83. The molecule has 1 unspecified atom stereocenters. The summed E-state index contributed by atoms with van der Waals surface area (Å²) in [4.78, 5) is 13.1. The number of amides is 1. The van der Waals surface area contributed by atoms with Gasteiger partial charge in [-0.15, -0.1) is 0 Å². The van der Waals surface area contributed by atoms with Gasteiger partial charge in [0.2, 0.25) is 6.41 Å². The Morgan fingerprint density at radius 2 is 2.00 bits per heavy atom. The number of nitrogens with zero attached hydrogens (tertiary/aromatic N) is 1. The van der Waals surface area contributed by atoms with Crippen molar-refractivity contribution in [1.29, 1.82) is 0 Å². The van der Waals surface area contributed by atoms with Crippen LogP contribution in [0.5, 0.6) is 0 Å². The van der Waals surface area contributed by atoms with Gasteiger partial charge in [-0.3, -0.25) is 9.69 Å². The summed E-state index contributed by atoms with van der Waals surface area (Å²) < 4.78 is 0. The van der Waals surface area contributed by atoms with E-state index in [4.69, 9.17) is 0 Å². The number of hydrogen-bond acceptors (Lipinski definition) is 2. The van der Waals surface area contributed by atoms with Crippen molar-refractivity contribution in [3.8, 4) is 0 Å². The third-order valence-corrected chi connectivity index (χ3v) is 4.23. The summed E-state index contributed by atoms with van der Waals surface area (Å²) in [6, 6.07) is 0.465. The van der Waals surface area contributed by atoms with E-state index in [2.05, 4.69) is 10.2 Å². The maximum Gasteiger partial charge on any atom is 0.207 e. The van der Waals surface area contributed by atoms with Gasteiger partial charge in [0.15, 0.2) is 0 Å². The quantitative estimate of drug-likeness (QED) is 0.622. The van der Waals surface area contributed by atoms with Crippen LogP contribution in [-0.4, -0.2) is 36.0 Å². The topological polar surface area (TPSA) is 32.3 Å². The van der Waals surface area contributed by atoms with E-state index in [1.54, 1.807) is 0 Å². The molecular formula is C10H16N2O. The van der Waals surface area contributed by atoms with Gasteiger partial charge in [0.05, 0.1) is 0 Å². The summed E-state index contributed by atoms with van der Waals surface area (Å²) in [6.45, 7) is 2.53. The maximum absolute atomic E-state index is 10.5. The molecule has 13 heavy (non-hydrogen) atoms. The van der Waals surface area contributed by atoms with E-state index >= 15 is 0 Å². The second-order valence-electron chi connectivity index (χ2n) is 4.69. The predicted octanol–water partition coefficient (Wildman–Crippen LogP) is 0.359. The van der Waals surface area contributed by atoms with Crippen molar-refractivity contribution < 1.29 is 4.79 Å². The zero-order chi connectivity index (χ0) is 8.89. The molecule has 1 spiro atoms. The number of piperidine rings is 3. The van der Waals surface area contributed by atoms with Crippen LogP contribution in [0.15, 0.2) is 0 Å². The van der Waals surface area contributed by atoms with Crippen LogP contribution >= 0.6 is 0 Å². The Bertz CT molecular complexity index is 229. The maximum atomic E-state index is 10.5. The monoisotopic (exact) mass is 180 g/mol. The van der Waals surface area contributed by atoms with E-state index in [0.29, 0.717) is 11.6 Å². The molecule has 2 bridgehead atoms. The van der Waals surface area contributed by atoms with Crippen LogP contribution in [0.3, 0.4) is 0 Å². The van der Waals surface area contributed by atoms with E-state index in [1.807, 2.05) is 0 Å². The summed E-state index contributed by atoms with van der Waals surface area (Å²) in [7, 11) is 0. The molecule has 0 radical (unpaired) electrons. The molecule has 3 saturated heterocycles. The van der Waals surface area contributed by atoms with Crippen LogP contribution in [0.4, 0.5) is 0 Å². The molecule has 3 nitrogen and oxygen atoms in total. The first kappa shape index (κ1) is 7.80. The van der Waals surface area contributed by atoms with Gasteiger partial charge >= 0.3 is 0 Å². The van der Waals surface area contributed by atoms with Crippen molar-refractivity contribution in [1.82, 2.24) is 10.2 Å². The molecule has 1 N–H and O–H groups in total. The molecule has 0 aromatic rings. The predicted molar refractivity (Wildman–Crippen MR) is 49.2 cm³/mol. The van der Waals surface area contributed by atoms with Crippen LogP contribution in [0.25, 0.3) is 0 Å². The molecule has 0 aromatic carbocycles. The first-order valence-electron chi connectivity index (χ1n) is 5.31. The first-order chi connectivity index (χ1) is 6.37. The average Bonchev–Trinajstić information content (AvgIpc) is 2.94. The summed E-state index contributed by atoms with van der Waals surface area (Å²) >= 11 is 0. The molecule has 3 heteroatoms. The lowest BCUT2D eigenvalue weighted by Gasteiger charge is -2.51. The molecule has 0 aromatic heterocycles. The number of carbonyl (C=O) groups excluding carboxylic acids is 1. The highest BCUT2D eigenvalue weighted by atomic mass is 16.1. The zero-order valence-electron chi connectivity index (χ0n) is 7.83. The van der Waals surface area contributed by atoms with Gasteiger partial charge in [-0.1, -0.05) is 0 Å². The Balaban J connectivity index is 1.87. The standard InChI is InChI=1S/C10H16N2O/c13-7-11-9-8-1-5-12(6-2-8)10(9)3-4-10/h7-9H,1-6H2,(H,11,13). The van der Waals surface area contributed by atoms with E-state index in [1.165, 1.54) is 38.8 Å². The van der Waals surface area contributed by atoms with Crippen molar-refractivity contribution in [3.05, 3.63) is 0 Å². The van der Waals surface area contributed by atoms with Crippen molar-refractivity contribution in [2.75, 3.05) is 13.1 Å². The molecule has 1 aliphatic carbocycles. The Morgan fingerprint density at radius 3 is 2.54 bits per heavy atom. The summed E-state index contributed by atoms with van der Waals surface area (Å²) in [6.07, 6.45) is 6.07. The second kappa shape index (κ2) is 2.47. The van der Waals surface area contributed by atoms with Gasteiger partial charge in [-0.25, -0.2) is 0 Å². The van der Waals surface area contributed by atoms with Gasteiger partial charge in [0.25, 0.3) is 0 Å². The fourth-order valence-electron chi connectivity index (χ4n) is 3.43. The van der Waals surface area contributed by atoms with Crippen LogP contribution < -0.4 is 5.32 Å². The largest absolute Gasteiger partial charge is 0.354 e. The van der Waals surface area contributed by atoms with Crippen molar-refractivity contribution >= 4 is 6.41 Å². The molecule has 3 heterocycles. The van der Waals surface area contributed by atoms with Crippen LogP contribution in [-0.2, 0) is 4.79 Å². The molecule has 1 atom stereocenters. The third-order valence-electron chi connectivity index (χ3n) is 4.23. The fourth-order valence-corrected chi connectivity index (χ4v) is 3.43. The van der Waals surface area contributed by atoms with Gasteiger partial charge in [-0.2, -0.15) is 0 Å². The van der Waals surface area contributed by atoms with E-state index in [9.17, 15) is 4.79 Å². The Kier molecular flexibility index (Phi) is 1.48. The highest BCUT2D eigenvalue weighted by Gasteiger charge is 2.60. The molecule has 4 aliphatic rings. The molecule has 1 amide bonds. The summed E-state index contributed by atoms with van der Waals surface area (Å²) in [5, 5.41) is 3.05. The minimum absolute atomic E-state index is 0.405. The van der Waals surface area contributed by atoms with Gasteiger partial charge in [0, 0.05) is 11.6 Å². The fraction of sp³-hybridized carbons (Fsp3) is 0.900. The lowest BCUT2D eigenvalue weighted by atomic mass is 9.77. The van der Waals surface area contributed by atoms with E-state index < -0.39 is 0 Å². The number of carbonyl (C=O) groups is 1. The minimum atomic E-state index is 0.405. The Labute approximate surface area is 78.5 Å². The minimum Gasteiger partial charge on any atom is -0.354 e. The van der Waals surface area contributed by atoms with Crippen LogP contribution in [0, 0.1) is 5.92 Å². The van der Waals surface area contributed by atoms with Crippen LogP contribution in [0.2, 0.25) is 0 Å².